The number of benzene rings is 1. The molecule has 1 aromatic rings. The van der Waals surface area contributed by atoms with E-state index in [4.69, 9.17) is 15.7 Å². The lowest BCUT2D eigenvalue weighted by Crippen LogP contribution is -2.36. The number of hydrogen-bond acceptors (Lipinski definition) is 6. The number of ether oxygens (including phenoxy) is 1. The summed E-state index contributed by atoms with van der Waals surface area (Å²) in [6.07, 6.45) is 1.23. The number of nitriles is 1. The molecular weight excluding hydrogens is 288 g/mol. The fourth-order valence-corrected chi connectivity index (χ4v) is 2.17. The summed E-state index contributed by atoms with van der Waals surface area (Å²) in [5.41, 5.74) is 5.58. The van der Waals surface area contributed by atoms with E-state index in [0.717, 1.165) is 0 Å². The maximum Gasteiger partial charge on any atom is 0.293 e. The van der Waals surface area contributed by atoms with Crippen LogP contribution in [-0.2, 0) is 9.53 Å². The van der Waals surface area contributed by atoms with Crippen LogP contribution in [0.1, 0.15) is 5.56 Å². The average molecular weight is 302 g/mol. The minimum atomic E-state index is -0.873. The molecule has 114 valence electrons. The second-order valence-electron chi connectivity index (χ2n) is 4.64. The first-order chi connectivity index (χ1) is 10.5. The smallest absolute Gasteiger partial charge is 0.293 e. The fraction of sp³-hybridized carbons (Fsp3) is 0.286. The second-order valence-corrected chi connectivity index (χ2v) is 4.64. The first kappa shape index (κ1) is 15.5. The van der Waals surface area contributed by atoms with Crippen molar-refractivity contribution in [2.45, 2.75) is 0 Å². The molecule has 1 heterocycles. The normalized spacial score (nSPS) is 15.2. The molecule has 0 bridgehead atoms. The zero-order chi connectivity index (χ0) is 16.1. The second kappa shape index (κ2) is 6.69. The van der Waals surface area contributed by atoms with Crippen LogP contribution < -0.4 is 10.6 Å². The van der Waals surface area contributed by atoms with E-state index >= 15 is 0 Å². The Kier molecular flexibility index (Phi) is 4.70. The van der Waals surface area contributed by atoms with Crippen molar-refractivity contribution >= 4 is 23.4 Å². The molecule has 1 aliphatic heterocycles. The number of nitro benzene ring substituents is 1. The highest BCUT2D eigenvalue weighted by Gasteiger charge is 2.21. The Hall–Kier alpha value is -2.92. The third-order valence-electron chi connectivity index (χ3n) is 3.24. The lowest BCUT2D eigenvalue weighted by atomic mass is 10.1. The van der Waals surface area contributed by atoms with Gasteiger partial charge in [-0.2, -0.15) is 5.26 Å². The molecule has 1 fully saturated rings. The molecule has 22 heavy (non-hydrogen) atoms. The van der Waals surface area contributed by atoms with Crippen LogP contribution >= 0.6 is 0 Å². The first-order valence-corrected chi connectivity index (χ1v) is 6.55. The van der Waals surface area contributed by atoms with Gasteiger partial charge in [0.25, 0.3) is 11.6 Å². The Balaban J connectivity index is 2.41. The maximum atomic E-state index is 11.3. The zero-order valence-corrected chi connectivity index (χ0v) is 11.7. The lowest BCUT2D eigenvalue weighted by molar-refractivity contribution is -0.384. The highest BCUT2D eigenvalue weighted by atomic mass is 16.6. The van der Waals surface area contributed by atoms with Gasteiger partial charge < -0.3 is 15.4 Å². The molecule has 0 aliphatic carbocycles. The van der Waals surface area contributed by atoms with Crippen LogP contribution in [0.3, 0.4) is 0 Å². The molecule has 8 heteroatoms. The van der Waals surface area contributed by atoms with E-state index < -0.39 is 10.8 Å². The predicted octanol–water partition coefficient (Wildman–Crippen LogP) is 0.824. The Labute approximate surface area is 126 Å². The molecule has 0 aromatic heterocycles. The monoisotopic (exact) mass is 302 g/mol. The van der Waals surface area contributed by atoms with Crippen molar-refractivity contribution in [1.29, 1.82) is 5.26 Å². The van der Waals surface area contributed by atoms with Crippen molar-refractivity contribution < 1.29 is 14.5 Å². The number of rotatable bonds is 4. The van der Waals surface area contributed by atoms with Crippen LogP contribution in [0.4, 0.5) is 11.4 Å². The fourth-order valence-electron chi connectivity index (χ4n) is 2.17. The summed E-state index contributed by atoms with van der Waals surface area (Å²) in [4.78, 5) is 23.7. The van der Waals surface area contributed by atoms with Crippen molar-refractivity contribution in [3.63, 3.8) is 0 Å². The number of carbonyl (C=O) groups is 1. The van der Waals surface area contributed by atoms with Gasteiger partial charge in [-0.3, -0.25) is 14.9 Å². The molecule has 0 spiro atoms. The average Bonchev–Trinajstić information content (AvgIpc) is 2.52. The largest absolute Gasteiger partial charge is 0.378 e. The van der Waals surface area contributed by atoms with E-state index in [9.17, 15) is 14.9 Å². The summed E-state index contributed by atoms with van der Waals surface area (Å²) >= 11 is 0. The van der Waals surface area contributed by atoms with E-state index in [1.54, 1.807) is 18.2 Å². The van der Waals surface area contributed by atoms with Crippen molar-refractivity contribution in [1.82, 2.24) is 0 Å². The number of morpholine rings is 1. The summed E-state index contributed by atoms with van der Waals surface area (Å²) < 4.78 is 5.23. The minimum Gasteiger partial charge on any atom is -0.378 e. The molecule has 0 saturated carbocycles. The van der Waals surface area contributed by atoms with Crippen molar-refractivity contribution in [3.05, 3.63) is 39.4 Å². The van der Waals surface area contributed by atoms with E-state index in [2.05, 4.69) is 0 Å². The van der Waals surface area contributed by atoms with Crippen LogP contribution in [0.5, 0.6) is 0 Å². The van der Waals surface area contributed by atoms with Crippen molar-refractivity contribution in [2.75, 3.05) is 31.2 Å². The van der Waals surface area contributed by atoms with E-state index in [0.29, 0.717) is 37.6 Å². The summed E-state index contributed by atoms with van der Waals surface area (Å²) in [6, 6.07) is 6.20. The number of nitrogens with two attached hydrogens (primary N) is 1. The maximum absolute atomic E-state index is 11.3. The van der Waals surface area contributed by atoms with Gasteiger partial charge in [0, 0.05) is 19.2 Å². The molecule has 1 amide bonds. The number of hydrogen-bond donors (Lipinski definition) is 1. The summed E-state index contributed by atoms with van der Waals surface area (Å²) in [5.74, 6) is -0.873. The first-order valence-electron chi connectivity index (χ1n) is 6.55. The molecule has 1 aliphatic rings. The topological polar surface area (TPSA) is 122 Å². The van der Waals surface area contributed by atoms with Crippen molar-refractivity contribution in [3.8, 4) is 6.07 Å². The molecular formula is C14H14N4O4. The molecule has 8 nitrogen and oxygen atoms in total. The van der Waals surface area contributed by atoms with Gasteiger partial charge in [-0.15, -0.1) is 0 Å². The highest BCUT2D eigenvalue weighted by molar-refractivity contribution is 6.00. The number of carbonyl (C=O) groups excluding carboxylic acids is 1. The third kappa shape index (κ3) is 3.39. The van der Waals surface area contributed by atoms with Crippen LogP contribution in [0.2, 0.25) is 0 Å². The summed E-state index contributed by atoms with van der Waals surface area (Å²) in [7, 11) is 0. The number of nitrogens with zero attached hydrogens (tertiary/aromatic N) is 3. The minimum absolute atomic E-state index is 0.0857. The van der Waals surface area contributed by atoms with Crippen LogP contribution in [0.25, 0.3) is 6.08 Å². The van der Waals surface area contributed by atoms with Crippen molar-refractivity contribution in [2.24, 2.45) is 5.73 Å². The Bertz CT molecular complexity index is 672. The van der Waals surface area contributed by atoms with Gasteiger partial charge in [-0.25, -0.2) is 0 Å². The number of primary amides is 1. The lowest BCUT2D eigenvalue weighted by Gasteiger charge is -2.28. The predicted molar refractivity (Wildman–Crippen MR) is 78.9 cm³/mol. The van der Waals surface area contributed by atoms with Gasteiger partial charge in [0.05, 0.1) is 18.1 Å². The molecule has 0 atom stereocenters. The number of amides is 1. The molecule has 0 unspecified atom stereocenters. The Morgan fingerprint density at radius 3 is 2.68 bits per heavy atom. The molecule has 0 radical (unpaired) electrons. The van der Waals surface area contributed by atoms with Gasteiger partial charge >= 0.3 is 0 Å². The molecule has 2 rings (SSSR count). The zero-order valence-electron chi connectivity index (χ0n) is 11.7. The van der Waals surface area contributed by atoms with Crippen LogP contribution in [0, 0.1) is 21.4 Å². The van der Waals surface area contributed by atoms with Crippen LogP contribution in [-0.4, -0.2) is 37.1 Å². The third-order valence-corrected chi connectivity index (χ3v) is 3.24. The summed E-state index contributed by atoms with van der Waals surface area (Å²) in [5, 5.41) is 20.1. The van der Waals surface area contributed by atoms with E-state index in [1.165, 1.54) is 12.1 Å². The molecule has 1 saturated heterocycles. The molecule has 2 N–H and O–H groups in total. The van der Waals surface area contributed by atoms with Gasteiger partial charge in [0.15, 0.2) is 0 Å². The van der Waals surface area contributed by atoms with E-state index in [1.807, 2.05) is 4.90 Å². The van der Waals surface area contributed by atoms with Crippen LogP contribution in [0.15, 0.2) is 23.8 Å². The SMILES string of the molecule is N#CC(=Cc1ccc(N2CCOCC2)c([N+](=O)[O-])c1)C(N)=O. The van der Waals surface area contributed by atoms with Gasteiger partial charge in [-0.05, 0) is 17.7 Å². The highest BCUT2D eigenvalue weighted by Crippen LogP contribution is 2.30. The Morgan fingerprint density at radius 2 is 2.14 bits per heavy atom. The van der Waals surface area contributed by atoms with Gasteiger partial charge in [0.2, 0.25) is 0 Å². The number of nitro groups is 1. The van der Waals surface area contributed by atoms with Gasteiger partial charge in [0.1, 0.15) is 17.3 Å². The quantitative estimate of drug-likeness (QED) is 0.380. The molecule has 1 aromatic carbocycles. The summed E-state index contributed by atoms with van der Waals surface area (Å²) in [6.45, 7) is 2.17. The Morgan fingerprint density at radius 1 is 1.45 bits per heavy atom. The number of anilines is 1. The van der Waals surface area contributed by atoms with E-state index in [-0.39, 0.29) is 11.3 Å². The van der Waals surface area contributed by atoms with Gasteiger partial charge in [-0.1, -0.05) is 6.07 Å². The standard InChI is InChI=1S/C14H14N4O4/c15-9-11(14(16)19)7-10-1-2-12(13(8-10)18(20)21)17-3-5-22-6-4-17/h1-2,7-8H,3-6H2,(H2,16,19).